The van der Waals surface area contributed by atoms with Gasteiger partial charge in [0.15, 0.2) is 11.5 Å². The van der Waals surface area contributed by atoms with E-state index < -0.39 is 0 Å². The van der Waals surface area contributed by atoms with Crippen LogP contribution < -0.4 is 24.3 Å². The molecule has 3 rings (SSSR count). The van der Waals surface area contributed by atoms with Crippen molar-refractivity contribution < 1.29 is 23.7 Å². The molecule has 0 radical (unpaired) electrons. The van der Waals surface area contributed by atoms with Crippen molar-refractivity contribution in [2.75, 3.05) is 27.4 Å². The fourth-order valence-corrected chi connectivity index (χ4v) is 2.78. The van der Waals surface area contributed by atoms with Gasteiger partial charge in [-0.2, -0.15) is 0 Å². The zero-order chi connectivity index (χ0) is 17.8. The summed E-state index contributed by atoms with van der Waals surface area (Å²) in [6, 6.07) is 8.61. The Morgan fingerprint density at radius 1 is 1.16 bits per heavy atom. The molecule has 2 aromatic carbocycles. The van der Waals surface area contributed by atoms with Gasteiger partial charge in [0, 0.05) is 23.7 Å². The Bertz CT molecular complexity index is 793. The molecule has 6 nitrogen and oxygen atoms in total. The molecule has 25 heavy (non-hydrogen) atoms. The third-order valence-corrected chi connectivity index (χ3v) is 4.07. The van der Waals surface area contributed by atoms with Crippen molar-refractivity contribution in [2.24, 2.45) is 0 Å². The summed E-state index contributed by atoms with van der Waals surface area (Å²) in [6.07, 6.45) is 0. The highest BCUT2D eigenvalue weighted by atomic mass is 35.5. The van der Waals surface area contributed by atoms with Crippen molar-refractivity contribution in [1.29, 1.82) is 0 Å². The molecule has 1 aliphatic rings. The highest BCUT2D eigenvalue weighted by Gasteiger charge is 2.19. The molecule has 0 unspecified atom stereocenters. The number of carbonyl (C=O) groups excluding carboxylic acids is 1. The number of amides is 1. The van der Waals surface area contributed by atoms with Gasteiger partial charge in [0.1, 0.15) is 24.7 Å². The summed E-state index contributed by atoms with van der Waals surface area (Å²) in [5.41, 5.74) is 1.24. The lowest BCUT2D eigenvalue weighted by molar-refractivity contribution is 0.0949. The van der Waals surface area contributed by atoms with Crippen LogP contribution in [0.25, 0.3) is 0 Å². The van der Waals surface area contributed by atoms with Gasteiger partial charge in [-0.05, 0) is 24.3 Å². The molecule has 1 N–H and O–H groups in total. The molecule has 0 atom stereocenters. The van der Waals surface area contributed by atoms with Gasteiger partial charge in [0.25, 0.3) is 5.91 Å². The Morgan fingerprint density at radius 3 is 2.72 bits per heavy atom. The average molecular weight is 364 g/mol. The van der Waals surface area contributed by atoms with E-state index >= 15 is 0 Å². The molecule has 132 valence electrons. The number of hydrogen-bond donors (Lipinski definition) is 1. The lowest BCUT2D eigenvalue weighted by Gasteiger charge is -2.20. The predicted octanol–water partition coefficient (Wildman–Crippen LogP) is 3.06. The van der Waals surface area contributed by atoms with Crippen molar-refractivity contribution >= 4 is 17.5 Å². The minimum atomic E-state index is -0.267. The zero-order valence-electron chi connectivity index (χ0n) is 13.9. The fourth-order valence-electron chi connectivity index (χ4n) is 2.52. The Balaban J connectivity index is 1.74. The number of nitrogens with one attached hydrogen (secondary N) is 1. The van der Waals surface area contributed by atoms with Gasteiger partial charge in [-0.15, -0.1) is 0 Å². The molecule has 0 aliphatic carbocycles. The highest BCUT2D eigenvalue weighted by Crippen LogP contribution is 2.38. The number of hydrogen-bond acceptors (Lipinski definition) is 5. The lowest BCUT2D eigenvalue weighted by Crippen LogP contribution is -2.24. The van der Waals surface area contributed by atoms with Gasteiger partial charge in [0.2, 0.25) is 0 Å². The van der Waals surface area contributed by atoms with E-state index in [-0.39, 0.29) is 5.91 Å². The van der Waals surface area contributed by atoms with Crippen LogP contribution in [0.2, 0.25) is 5.02 Å². The van der Waals surface area contributed by atoms with E-state index in [2.05, 4.69) is 5.32 Å². The van der Waals surface area contributed by atoms with Crippen LogP contribution >= 0.6 is 11.6 Å². The van der Waals surface area contributed by atoms with E-state index in [9.17, 15) is 4.79 Å². The highest BCUT2D eigenvalue weighted by molar-refractivity contribution is 6.32. The minimum Gasteiger partial charge on any atom is -0.497 e. The summed E-state index contributed by atoms with van der Waals surface area (Å²) >= 11 is 6.17. The van der Waals surface area contributed by atoms with Crippen LogP contribution in [0.3, 0.4) is 0 Å². The summed E-state index contributed by atoms with van der Waals surface area (Å²) in [4.78, 5) is 12.4. The van der Waals surface area contributed by atoms with E-state index in [4.69, 9.17) is 30.5 Å². The zero-order valence-corrected chi connectivity index (χ0v) is 14.7. The predicted molar refractivity (Wildman–Crippen MR) is 93.2 cm³/mol. The van der Waals surface area contributed by atoms with E-state index in [1.54, 1.807) is 32.4 Å². The maximum atomic E-state index is 12.4. The SMILES string of the molecule is COc1ccc(CNC(=O)c2cc(Cl)c3c(c2)OCCO3)c(OC)c1. The third-order valence-electron chi connectivity index (χ3n) is 3.79. The number of rotatable bonds is 5. The summed E-state index contributed by atoms with van der Waals surface area (Å²) in [7, 11) is 3.16. The number of halogens is 1. The van der Waals surface area contributed by atoms with Crippen LogP contribution in [0.15, 0.2) is 30.3 Å². The number of benzene rings is 2. The van der Waals surface area contributed by atoms with E-state index in [0.717, 1.165) is 5.56 Å². The van der Waals surface area contributed by atoms with Crippen molar-refractivity contribution in [2.45, 2.75) is 6.54 Å². The normalized spacial score (nSPS) is 12.4. The quantitative estimate of drug-likeness (QED) is 0.884. The topological polar surface area (TPSA) is 66.0 Å². The Hall–Kier alpha value is -2.60. The molecule has 1 heterocycles. The second kappa shape index (κ2) is 7.53. The van der Waals surface area contributed by atoms with Crippen LogP contribution in [0.4, 0.5) is 0 Å². The monoisotopic (exact) mass is 363 g/mol. The van der Waals surface area contributed by atoms with E-state index in [1.807, 2.05) is 12.1 Å². The van der Waals surface area contributed by atoms with Gasteiger partial charge >= 0.3 is 0 Å². The fraction of sp³-hybridized carbons (Fsp3) is 0.278. The molecule has 0 aromatic heterocycles. The summed E-state index contributed by atoms with van der Waals surface area (Å²) in [5, 5.41) is 3.20. The summed E-state index contributed by atoms with van der Waals surface area (Å²) in [5.74, 6) is 2.01. The van der Waals surface area contributed by atoms with Crippen LogP contribution in [0, 0.1) is 0 Å². The molecule has 0 saturated carbocycles. The van der Waals surface area contributed by atoms with Crippen LogP contribution in [-0.2, 0) is 6.54 Å². The smallest absolute Gasteiger partial charge is 0.251 e. The van der Waals surface area contributed by atoms with Gasteiger partial charge in [0.05, 0.1) is 19.2 Å². The van der Waals surface area contributed by atoms with Crippen molar-refractivity contribution in [1.82, 2.24) is 5.32 Å². The largest absolute Gasteiger partial charge is 0.497 e. The number of fused-ring (bicyclic) bond motifs is 1. The van der Waals surface area contributed by atoms with E-state index in [0.29, 0.717) is 53.3 Å². The number of carbonyl (C=O) groups is 1. The van der Waals surface area contributed by atoms with Crippen LogP contribution in [-0.4, -0.2) is 33.3 Å². The first-order valence-electron chi connectivity index (χ1n) is 7.70. The molecule has 0 saturated heterocycles. The maximum Gasteiger partial charge on any atom is 0.251 e. The second-order valence-corrected chi connectivity index (χ2v) is 5.75. The maximum absolute atomic E-state index is 12.4. The Kier molecular flexibility index (Phi) is 5.19. The summed E-state index contributed by atoms with van der Waals surface area (Å²) in [6.45, 7) is 1.17. The van der Waals surface area contributed by atoms with Crippen molar-refractivity contribution in [3.05, 3.63) is 46.5 Å². The molecular weight excluding hydrogens is 346 g/mol. The third kappa shape index (κ3) is 3.74. The molecule has 1 amide bonds. The average Bonchev–Trinajstić information content (AvgIpc) is 2.65. The van der Waals surface area contributed by atoms with Gasteiger partial charge in [-0.1, -0.05) is 11.6 Å². The molecule has 0 spiro atoms. The van der Waals surface area contributed by atoms with Gasteiger partial charge in [-0.25, -0.2) is 0 Å². The second-order valence-electron chi connectivity index (χ2n) is 5.34. The molecule has 0 fully saturated rings. The Morgan fingerprint density at radius 2 is 1.96 bits per heavy atom. The van der Waals surface area contributed by atoms with Gasteiger partial charge < -0.3 is 24.3 Å². The first kappa shape index (κ1) is 17.2. The molecule has 0 bridgehead atoms. The standard InChI is InChI=1S/C18H18ClNO5/c1-22-13-4-3-11(15(9-13)23-2)10-20-18(21)12-7-14(19)17-16(8-12)24-5-6-25-17/h3-4,7-9H,5-6,10H2,1-2H3,(H,20,21). The van der Waals surface area contributed by atoms with Crippen molar-refractivity contribution in [3.63, 3.8) is 0 Å². The van der Waals surface area contributed by atoms with Crippen LogP contribution in [0.5, 0.6) is 23.0 Å². The number of ether oxygens (including phenoxy) is 4. The molecule has 2 aromatic rings. The lowest BCUT2D eigenvalue weighted by atomic mass is 10.1. The molecular formula is C18H18ClNO5. The number of methoxy groups -OCH3 is 2. The Labute approximate surface area is 150 Å². The van der Waals surface area contributed by atoms with Crippen LogP contribution in [0.1, 0.15) is 15.9 Å². The van der Waals surface area contributed by atoms with Crippen molar-refractivity contribution in [3.8, 4) is 23.0 Å². The first-order valence-corrected chi connectivity index (χ1v) is 8.08. The molecule has 1 aliphatic heterocycles. The van der Waals surface area contributed by atoms with E-state index in [1.165, 1.54) is 0 Å². The van der Waals surface area contributed by atoms with Gasteiger partial charge in [-0.3, -0.25) is 4.79 Å². The minimum absolute atomic E-state index is 0.267. The molecule has 7 heteroatoms. The summed E-state index contributed by atoms with van der Waals surface area (Å²) < 4.78 is 21.4. The first-order chi connectivity index (χ1) is 12.1.